The summed E-state index contributed by atoms with van der Waals surface area (Å²) in [5.41, 5.74) is -1.81. The number of aliphatic hydroxyl groups excluding tert-OH is 13. The molecule has 0 aromatic heterocycles. The summed E-state index contributed by atoms with van der Waals surface area (Å²) in [6.45, 7) is 9.52. The van der Waals surface area contributed by atoms with Crippen LogP contribution in [0.15, 0.2) is 0 Å². The first-order valence-corrected chi connectivity index (χ1v) is 25.2. The smallest absolute Gasteiger partial charge is 0.187 e. The third-order valence-electron chi connectivity index (χ3n) is 20.0. The minimum atomic E-state index is -1.81. The van der Waals surface area contributed by atoms with Crippen molar-refractivity contribution in [1.29, 1.82) is 0 Å². The Hall–Kier alpha value is -0.800. The maximum absolute atomic E-state index is 12.6. The Morgan fingerprint density at radius 3 is 1.72 bits per heavy atom. The lowest BCUT2D eigenvalue weighted by Crippen LogP contribution is -2.69. The highest BCUT2D eigenvalue weighted by atomic mass is 16.8. The van der Waals surface area contributed by atoms with Crippen LogP contribution in [0.2, 0.25) is 0 Å². The average Bonchev–Trinajstić information content (AvgIpc) is 3.33. The number of fused-ring (bicyclic) bond motifs is 5. The Balaban J connectivity index is 0.933. The molecule has 20 heteroatoms. The van der Waals surface area contributed by atoms with Gasteiger partial charge in [-0.2, -0.15) is 0 Å². The molecular weight excluding hydrogens is 897 g/mol. The molecule has 1 spiro atoms. The normalized spacial score (nSPS) is 55.8. The molecule has 4 saturated carbocycles. The van der Waals surface area contributed by atoms with Crippen molar-refractivity contribution in [3.63, 3.8) is 0 Å². The highest BCUT2D eigenvalue weighted by Crippen LogP contribution is 2.75. The molecule has 0 aromatic carbocycles. The van der Waals surface area contributed by atoms with E-state index in [-0.39, 0.29) is 59.2 Å². The summed E-state index contributed by atoms with van der Waals surface area (Å²) in [5, 5.41) is 138. The summed E-state index contributed by atoms with van der Waals surface area (Å²) in [6, 6.07) is 0. The fourth-order valence-corrected chi connectivity index (χ4v) is 15.4. The van der Waals surface area contributed by atoms with Crippen LogP contribution in [-0.4, -0.2) is 216 Å². The van der Waals surface area contributed by atoms with Crippen LogP contribution in [0.3, 0.4) is 0 Å². The van der Waals surface area contributed by atoms with E-state index in [2.05, 4.69) is 20.8 Å². The third kappa shape index (κ3) is 8.66. The lowest BCUT2D eigenvalue weighted by molar-refractivity contribution is -0.380. The Labute approximate surface area is 398 Å². The van der Waals surface area contributed by atoms with Gasteiger partial charge < -0.3 is 99.5 Å². The van der Waals surface area contributed by atoms with Gasteiger partial charge in [-0.05, 0) is 98.2 Å². The van der Waals surface area contributed by atoms with Crippen molar-refractivity contribution in [2.24, 2.45) is 50.7 Å². The highest BCUT2D eigenvalue weighted by Gasteiger charge is 2.71. The van der Waals surface area contributed by atoms with E-state index in [1.54, 1.807) is 0 Å². The van der Waals surface area contributed by atoms with Gasteiger partial charge in [0, 0.05) is 16.7 Å². The summed E-state index contributed by atoms with van der Waals surface area (Å²) in [5.74, 6) is 0.159. The first-order chi connectivity index (χ1) is 32.1. The molecule has 0 bridgehead atoms. The van der Waals surface area contributed by atoms with E-state index >= 15 is 0 Å². The van der Waals surface area contributed by atoms with Gasteiger partial charge in [-0.3, -0.25) is 0 Å². The fraction of sp³-hybridized carbons (Fsp3) is 1.00. The van der Waals surface area contributed by atoms with E-state index in [0.29, 0.717) is 19.4 Å². The van der Waals surface area contributed by atoms with Gasteiger partial charge in [0.15, 0.2) is 18.9 Å². The minimum absolute atomic E-state index is 0.0234. The topological polar surface area (TPSA) is 328 Å². The largest absolute Gasteiger partial charge is 0.396 e. The van der Waals surface area contributed by atoms with Gasteiger partial charge in [0.05, 0.1) is 58.0 Å². The second-order valence-electron chi connectivity index (χ2n) is 23.2. The number of hydrogen-bond acceptors (Lipinski definition) is 20. The predicted molar refractivity (Wildman–Crippen MR) is 234 cm³/mol. The van der Waals surface area contributed by atoms with Crippen LogP contribution in [0.5, 0.6) is 0 Å². The van der Waals surface area contributed by atoms with Crippen molar-refractivity contribution < 1.29 is 99.5 Å². The zero-order valence-electron chi connectivity index (χ0n) is 40.2. The van der Waals surface area contributed by atoms with Gasteiger partial charge in [0.2, 0.25) is 0 Å². The van der Waals surface area contributed by atoms with Gasteiger partial charge in [-0.15, -0.1) is 0 Å². The van der Waals surface area contributed by atoms with Crippen molar-refractivity contribution in [3.8, 4) is 0 Å². The SMILES string of the molecule is C[C@@H](CO[C@@H]1O[C@H](CO)[C@@H](O)[C@H](O)[C@H]1O)[C@@H]1CC[C@@]2(CC[C@]3(C)[C@H](CC[C@@H]4[C@@]5(C)CC[C@H](O[C@@H]6O[C@H](CO)[C@@H](O)[C@H](O)[C@H]6O[C@@H]6O[C@H](CO)[C@@H](O)[C@H](O)[C@H]6O)[C@@](C)(CO)[C@@H]5CC[C@]43C)[C@H]2O)CO1. The zero-order chi connectivity index (χ0) is 49.5. The number of aliphatic hydroxyl groups is 13. The monoisotopic (exact) mass is 979 g/mol. The maximum atomic E-state index is 12.6. The van der Waals surface area contributed by atoms with Crippen molar-refractivity contribution in [2.75, 3.05) is 39.6 Å². The van der Waals surface area contributed by atoms with Crippen LogP contribution < -0.4 is 0 Å². The van der Waals surface area contributed by atoms with Gasteiger partial charge in [0.1, 0.15) is 73.2 Å². The third-order valence-corrected chi connectivity index (χ3v) is 20.0. The van der Waals surface area contributed by atoms with E-state index in [1.807, 2.05) is 13.8 Å². The molecule has 0 radical (unpaired) electrons. The quantitative estimate of drug-likeness (QED) is 0.0943. The second-order valence-corrected chi connectivity index (χ2v) is 23.2. The molecule has 4 saturated heterocycles. The molecule has 0 amide bonds. The lowest BCUT2D eigenvalue weighted by Gasteiger charge is -2.73. The molecule has 20 nitrogen and oxygen atoms in total. The molecular formula is C48H82O20. The molecule has 4 heterocycles. The van der Waals surface area contributed by atoms with E-state index in [0.717, 1.165) is 51.4 Å². The summed E-state index contributed by atoms with van der Waals surface area (Å²) in [7, 11) is 0. The predicted octanol–water partition coefficient (Wildman–Crippen LogP) is -1.98. The molecule has 27 atom stereocenters. The molecule has 13 N–H and O–H groups in total. The fourth-order valence-electron chi connectivity index (χ4n) is 15.4. The standard InChI is InChI=1S/C48H82O20/c1-22(19-62-41-37(59)34(56)31(53)25(16-49)64-41)24-8-13-48(21-63-24)15-14-46(4)23(40(48)61)6-7-29-44(2)11-10-30(45(3,20-52)28(44)9-12-47(29,46)5)67-43-39(36(58)33(55)27(18-51)66-43)68-42-38(60)35(57)32(54)26(17-50)65-42/h22-43,49-61H,6-21H2,1-5H3/t22-,23+,24-,25+,26+,27+,28+,29+,30-,31+,32+,33+,34-,35-,36-,37+,38+,39+,40+,41+,42-,43-,44-,45-,46+,47+,48+/m0/s1. The van der Waals surface area contributed by atoms with Crippen LogP contribution >= 0.6 is 0 Å². The highest BCUT2D eigenvalue weighted by molar-refractivity contribution is 5.19. The zero-order valence-corrected chi connectivity index (χ0v) is 40.2. The van der Waals surface area contributed by atoms with Gasteiger partial charge in [0.25, 0.3) is 0 Å². The molecule has 4 aliphatic carbocycles. The van der Waals surface area contributed by atoms with Crippen LogP contribution in [-0.2, 0) is 33.2 Å². The molecule has 4 aliphatic heterocycles. The van der Waals surface area contributed by atoms with Crippen molar-refractivity contribution in [1.82, 2.24) is 0 Å². The number of ether oxygens (including phenoxy) is 7. The van der Waals surface area contributed by atoms with Gasteiger partial charge >= 0.3 is 0 Å². The first kappa shape index (κ1) is 53.5. The van der Waals surface area contributed by atoms with Crippen LogP contribution in [0.1, 0.15) is 98.8 Å². The molecule has 0 aromatic rings. The molecule has 0 unspecified atom stereocenters. The molecule has 8 rings (SSSR count). The first-order valence-electron chi connectivity index (χ1n) is 25.2. The van der Waals surface area contributed by atoms with E-state index < -0.39 is 135 Å². The van der Waals surface area contributed by atoms with Crippen LogP contribution in [0.25, 0.3) is 0 Å². The van der Waals surface area contributed by atoms with Gasteiger partial charge in [-0.25, -0.2) is 0 Å². The van der Waals surface area contributed by atoms with Crippen LogP contribution in [0, 0.1) is 50.7 Å². The summed E-state index contributed by atoms with van der Waals surface area (Å²) >= 11 is 0. The van der Waals surface area contributed by atoms with E-state index in [9.17, 15) is 66.4 Å². The van der Waals surface area contributed by atoms with Crippen molar-refractivity contribution in [3.05, 3.63) is 0 Å². The van der Waals surface area contributed by atoms with Crippen molar-refractivity contribution >= 4 is 0 Å². The number of hydrogen-bond donors (Lipinski definition) is 13. The van der Waals surface area contributed by atoms with Crippen LogP contribution in [0.4, 0.5) is 0 Å². The minimum Gasteiger partial charge on any atom is -0.396 e. The van der Waals surface area contributed by atoms with Gasteiger partial charge in [-0.1, -0.05) is 34.6 Å². The maximum Gasteiger partial charge on any atom is 0.187 e. The summed E-state index contributed by atoms with van der Waals surface area (Å²) in [6.07, 6.45) is -16.2. The molecule has 8 aliphatic rings. The number of rotatable bonds is 12. The Kier molecular flexibility index (Phi) is 15.8. The molecule has 68 heavy (non-hydrogen) atoms. The second kappa shape index (κ2) is 20.1. The Morgan fingerprint density at radius 2 is 1.13 bits per heavy atom. The Bertz CT molecular complexity index is 1690. The molecule has 394 valence electrons. The summed E-state index contributed by atoms with van der Waals surface area (Å²) < 4.78 is 42.3. The van der Waals surface area contributed by atoms with E-state index in [1.165, 1.54) is 0 Å². The van der Waals surface area contributed by atoms with E-state index in [4.69, 9.17) is 33.2 Å². The molecule has 8 fully saturated rings. The van der Waals surface area contributed by atoms with Crippen molar-refractivity contribution in [2.45, 2.75) is 209 Å². The lowest BCUT2D eigenvalue weighted by atomic mass is 9.33. The average molecular weight is 979 g/mol. The summed E-state index contributed by atoms with van der Waals surface area (Å²) in [4.78, 5) is 0. The Morgan fingerprint density at radius 1 is 0.544 bits per heavy atom.